The Morgan fingerprint density at radius 1 is 1.40 bits per heavy atom. The largest absolute Gasteiger partial charge is 0.450 e. The molecule has 138 valence electrons. The monoisotopic (exact) mass is 350 g/mol. The van der Waals surface area contributed by atoms with Gasteiger partial charge in [-0.2, -0.15) is 0 Å². The number of piperidine rings is 1. The Hall–Kier alpha value is -2.31. The maximum Gasteiger partial charge on any atom is 0.409 e. The Kier molecular flexibility index (Phi) is 7.03. The zero-order valence-electron chi connectivity index (χ0n) is 15.1. The lowest BCUT2D eigenvalue weighted by molar-refractivity contribution is 0.0963. The summed E-state index contributed by atoms with van der Waals surface area (Å²) in [6, 6.07) is 5.33. The van der Waals surface area contributed by atoms with E-state index < -0.39 is 0 Å². The lowest BCUT2D eigenvalue weighted by Crippen LogP contribution is -2.49. The second-order valence-electron chi connectivity index (χ2n) is 6.11. The first kappa shape index (κ1) is 19.0. The minimum atomic E-state index is -0.241. The predicted octanol–water partition coefficient (Wildman–Crippen LogP) is 2.42. The molecule has 0 bridgehead atoms. The van der Waals surface area contributed by atoms with Gasteiger partial charge in [-0.25, -0.2) is 9.18 Å². The van der Waals surface area contributed by atoms with Gasteiger partial charge in [-0.1, -0.05) is 12.1 Å². The molecule has 1 aliphatic rings. The molecule has 0 saturated carbocycles. The van der Waals surface area contributed by atoms with Crippen LogP contribution in [0.3, 0.4) is 0 Å². The summed E-state index contributed by atoms with van der Waals surface area (Å²) in [6.07, 6.45) is 1.44. The lowest BCUT2D eigenvalue weighted by atomic mass is 10.1. The number of guanidine groups is 1. The van der Waals surface area contributed by atoms with Gasteiger partial charge in [0.05, 0.1) is 6.61 Å². The van der Waals surface area contributed by atoms with E-state index in [2.05, 4.69) is 15.6 Å². The zero-order chi connectivity index (χ0) is 18.2. The molecule has 25 heavy (non-hydrogen) atoms. The number of likely N-dealkylation sites (tertiary alicyclic amines) is 1. The summed E-state index contributed by atoms with van der Waals surface area (Å²) < 4.78 is 18.3. The molecule has 0 spiro atoms. The first-order valence-corrected chi connectivity index (χ1v) is 8.67. The van der Waals surface area contributed by atoms with Crippen LogP contribution in [0.1, 0.15) is 30.9 Å². The topological polar surface area (TPSA) is 66.0 Å². The molecule has 0 radical (unpaired) electrons. The molecule has 1 aromatic carbocycles. The molecule has 0 aromatic heterocycles. The number of nitrogens with zero attached hydrogens (tertiary/aromatic N) is 2. The molecule has 0 aliphatic carbocycles. The average molecular weight is 350 g/mol. The molecule has 1 aromatic rings. The molecule has 1 aliphatic heterocycles. The minimum Gasteiger partial charge on any atom is -0.450 e. The van der Waals surface area contributed by atoms with Gasteiger partial charge in [0.1, 0.15) is 5.82 Å². The van der Waals surface area contributed by atoms with E-state index in [4.69, 9.17) is 4.74 Å². The number of aliphatic imine (C=N–C) groups is 1. The van der Waals surface area contributed by atoms with Crippen LogP contribution < -0.4 is 10.6 Å². The fourth-order valence-corrected chi connectivity index (χ4v) is 2.81. The number of ether oxygens (including phenoxy) is 1. The first-order valence-electron chi connectivity index (χ1n) is 8.67. The van der Waals surface area contributed by atoms with E-state index in [9.17, 15) is 9.18 Å². The van der Waals surface area contributed by atoms with Gasteiger partial charge in [0.2, 0.25) is 0 Å². The maximum absolute atomic E-state index is 13.3. The highest BCUT2D eigenvalue weighted by atomic mass is 19.1. The van der Waals surface area contributed by atoms with Crippen LogP contribution in [-0.2, 0) is 11.3 Å². The number of hydrogen-bond acceptors (Lipinski definition) is 3. The third-order valence-corrected chi connectivity index (χ3v) is 4.27. The van der Waals surface area contributed by atoms with Crippen LogP contribution in [0.4, 0.5) is 9.18 Å². The number of hydrogen-bond donors (Lipinski definition) is 2. The predicted molar refractivity (Wildman–Crippen MR) is 96.1 cm³/mol. The third kappa shape index (κ3) is 5.62. The molecule has 1 amide bonds. The van der Waals surface area contributed by atoms with Gasteiger partial charge in [0.25, 0.3) is 0 Å². The third-order valence-electron chi connectivity index (χ3n) is 4.27. The van der Waals surface area contributed by atoms with Crippen molar-refractivity contribution in [1.29, 1.82) is 0 Å². The highest BCUT2D eigenvalue weighted by Crippen LogP contribution is 2.12. The van der Waals surface area contributed by atoms with Crippen molar-refractivity contribution in [3.8, 4) is 0 Å². The Bertz CT molecular complexity index is 613. The Balaban J connectivity index is 1.79. The van der Waals surface area contributed by atoms with E-state index in [1.54, 1.807) is 24.9 Å². The lowest BCUT2D eigenvalue weighted by Gasteiger charge is -2.32. The smallest absolute Gasteiger partial charge is 0.409 e. The number of carbonyl (C=O) groups is 1. The molecule has 2 rings (SSSR count). The second kappa shape index (κ2) is 9.25. The van der Waals surface area contributed by atoms with Crippen molar-refractivity contribution in [1.82, 2.24) is 15.5 Å². The van der Waals surface area contributed by atoms with Crippen molar-refractivity contribution in [3.63, 3.8) is 0 Å². The van der Waals surface area contributed by atoms with E-state index in [1.807, 2.05) is 13.0 Å². The van der Waals surface area contributed by atoms with Gasteiger partial charge in [-0.3, -0.25) is 4.99 Å². The molecule has 1 heterocycles. The number of carbonyl (C=O) groups excluding carboxylic acids is 1. The molecule has 1 saturated heterocycles. The van der Waals surface area contributed by atoms with Crippen LogP contribution in [0.2, 0.25) is 0 Å². The van der Waals surface area contributed by atoms with Gasteiger partial charge < -0.3 is 20.3 Å². The van der Waals surface area contributed by atoms with Crippen molar-refractivity contribution in [3.05, 3.63) is 35.1 Å². The molecule has 6 nitrogen and oxygen atoms in total. The number of aryl methyl sites for hydroxylation is 1. The van der Waals surface area contributed by atoms with E-state index in [0.29, 0.717) is 37.8 Å². The van der Waals surface area contributed by atoms with Gasteiger partial charge in [0.15, 0.2) is 5.96 Å². The minimum absolute atomic E-state index is 0.195. The summed E-state index contributed by atoms with van der Waals surface area (Å²) in [5.74, 6) is 0.510. The fourth-order valence-electron chi connectivity index (χ4n) is 2.81. The van der Waals surface area contributed by atoms with Gasteiger partial charge in [-0.15, -0.1) is 0 Å². The maximum atomic E-state index is 13.3. The molecule has 1 fully saturated rings. The highest BCUT2D eigenvalue weighted by Gasteiger charge is 2.23. The van der Waals surface area contributed by atoms with Crippen molar-refractivity contribution in [2.24, 2.45) is 4.99 Å². The average Bonchev–Trinajstić information content (AvgIpc) is 2.62. The van der Waals surface area contributed by atoms with Crippen LogP contribution >= 0.6 is 0 Å². The normalized spacial score (nSPS) is 15.8. The van der Waals surface area contributed by atoms with Crippen molar-refractivity contribution in [2.75, 3.05) is 26.7 Å². The molecular formula is C18H27FN4O2. The standard InChI is InChI=1S/C18H27FN4O2/c1-4-25-18(24)23-9-7-15(8-10-23)22-17(20-3)21-12-14-5-6-16(19)13(2)11-14/h5-6,11,15H,4,7-10,12H2,1-3H3,(H2,20,21,22). The van der Waals surface area contributed by atoms with Crippen LogP contribution in [-0.4, -0.2) is 49.7 Å². The Morgan fingerprint density at radius 3 is 2.72 bits per heavy atom. The van der Waals surface area contributed by atoms with Crippen LogP contribution in [0.25, 0.3) is 0 Å². The number of halogens is 1. The van der Waals surface area contributed by atoms with E-state index in [0.717, 1.165) is 18.4 Å². The van der Waals surface area contributed by atoms with E-state index >= 15 is 0 Å². The Labute approximate surface area is 148 Å². The van der Waals surface area contributed by atoms with E-state index in [1.165, 1.54) is 6.07 Å². The van der Waals surface area contributed by atoms with Gasteiger partial charge in [0, 0.05) is 32.7 Å². The van der Waals surface area contributed by atoms with Gasteiger partial charge in [-0.05, 0) is 43.9 Å². The number of amides is 1. The molecule has 2 N–H and O–H groups in total. The van der Waals surface area contributed by atoms with Gasteiger partial charge >= 0.3 is 6.09 Å². The fraction of sp³-hybridized carbons (Fsp3) is 0.556. The summed E-state index contributed by atoms with van der Waals surface area (Å²) in [5, 5.41) is 6.62. The van der Waals surface area contributed by atoms with Crippen molar-refractivity contribution in [2.45, 2.75) is 39.3 Å². The summed E-state index contributed by atoms with van der Waals surface area (Å²) >= 11 is 0. The highest BCUT2D eigenvalue weighted by molar-refractivity contribution is 5.80. The number of nitrogens with one attached hydrogen (secondary N) is 2. The summed E-state index contributed by atoms with van der Waals surface area (Å²) in [6.45, 7) is 5.88. The summed E-state index contributed by atoms with van der Waals surface area (Å²) in [4.78, 5) is 17.7. The molecule has 0 atom stereocenters. The van der Waals surface area contributed by atoms with Crippen molar-refractivity contribution >= 4 is 12.1 Å². The second-order valence-corrected chi connectivity index (χ2v) is 6.11. The van der Waals surface area contributed by atoms with Crippen LogP contribution in [0.15, 0.2) is 23.2 Å². The quantitative estimate of drug-likeness (QED) is 0.647. The van der Waals surface area contributed by atoms with Crippen LogP contribution in [0, 0.1) is 12.7 Å². The van der Waals surface area contributed by atoms with E-state index in [-0.39, 0.29) is 18.0 Å². The molecular weight excluding hydrogens is 323 g/mol. The van der Waals surface area contributed by atoms with Crippen molar-refractivity contribution < 1.29 is 13.9 Å². The zero-order valence-corrected chi connectivity index (χ0v) is 15.1. The summed E-state index contributed by atoms with van der Waals surface area (Å²) in [5.41, 5.74) is 1.63. The Morgan fingerprint density at radius 2 is 2.12 bits per heavy atom. The first-order chi connectivity index (χ1) is 12.0. The SMILES string of the molecule is CCOC(=O)N1CCC(NC(=NC)NCc2ccc(F)c(C)c2)CC1. The molecule has 0 unspecified atom stereocenters. The number of rotatable bonds is 4. The van der Waals surface area contributed by atoms with Crippen LogP contribution in [0.5, 0.6) is 0 Å². The summed E-state index contributed by atoms with van der Waals surface area (Å²) in [7, 11) is 1.72. The number of benzene rings is 1. The molecule has 7 heteroatoms.